The summed E-state index contributed by atoms with van der Waals surface area (Å²) in [6, 6.07) is 8.39. The summed E-state index contributed by atoms with van der Waals surface area (Å²) >= 11 is 0. The van der Waals surface area contributed by atoms with Crippen LogP contribution in [0.4, 0.5) is 4.39 Å². The number of aryl methyl sites for hydroxylation is 1. The molecule has 1 aromatic heterocycles. The van der Waals surface area contributed by atoms with E-state index in [0.29, 0.717) is 28.1 Å². The van der Waals surface area contributed by atoms with Crippen molar-refractivity contribution in [2.45, 2.75) is 6.92 Å². The molecule has 4 heteroatoms. The Balaban J connectivity index is 2.71. The second-order valence-electron chi connectivity index (χ2n) is 3.82. The van der Waals surface area contributed by atoms with Crippen molar-refractivity contribution in [3.05, 3.63) is 47.4 Å². The van der Waals surface area contributed by atoms with Gasteiger partial charge in [-0.3, -0.25) is 0 Å². The van der Waals surface area contributed by atoms with Gasteiger partial charge in [0, 0.05) is 17.3 Å². The molecule has 1 heterocycles. The number of ether oxygens (including phenoxy) is 1. The molecule has 18 heavy (non-hydrogen) atoms. The van der Waals surface area contributed by atoms with Gasteiger partial charge >= 0.3 is 0 Å². The van der Waals surface area contributed by atoms with Gasteiger partial charge in [0.2, 0.25) is 5.88 Å². The normalized spacial score (nSPS) is 9.89. The maximum absolute atomic E-state index is 13.6. The van der Waals surface area contributed by atoms with E-state index in [4.69, 9.17) is 10.00 Å². The highest BCUT2D eigenvalue weighted by atomic mass is 19.1. The van der Waals surface area contributed by atoms with Crippen LogP contribution in [0.1, 0.15) is 11.1 Å². The standard InChI is InChI=1S/C14H11FN2O/c1-9-6-10(8-16)12(7-13(9)15)11-4-3-5-17-14(11)18-2/h3-7H,1-2H3. The first-order chi connectivity index (χ1) is 8.67. The van der Waals surface area contributed by atoms with Crippen molar-refractivity contribution in [2.75, 3.05) is 7.11 Å². The number of nitrogens with zero attached hydrogens (tertiary/aromatic N) is 2. The van der Waals surface area contributed by atoms with Crippen LogP contribution in [0.3, 0.4) is 0 Å². The molecule has 0 aliphatic carbocycles. The lowest BCUT2D eigenvalue weighted by Gasteiger charge is -2.09. The minimum absolute atomic E-state index is 0.352. The Bertz CT molecular complexity index is 632. The molecule has 0 bridgehead atoms. The van der Waals surface area contributed by atoms with E-state index in [1.54, 1.807) is 25.3 Å². The van der Waals surface area contributed by atoms with Crippen LogP contribution in [0.5, 0.6) is 5.88 Å². The van der Waals surface area contributed by atoms with Crippen LogP contribution in [0.15, 0.2) is 30.5 Å². The molecule has 2 rings (SSSR count). The summed E-state index contributed by atoms with van der Waals surface area (Å²) in [5.41, 5.74) is 1.94. The number of pyridine rings is 1. The lowest BCUT2D eigenvalue weighted by molar-refractivity contribution is 0.399. The van der Waals surface area contributed by atoms with E-state index in [0.717, 1.165) is 0 Å². The number of aromatic nitrogens is 1. The number of rotatable bonds is 2. The topological polar surface area (TPSA) is 45.9 Å². The highest BCUT2D eigenvalue weighted by molar-refractivity contribution is 5.74. The Hall–Kier alpha value is -2.41. The molecular formula is C14H11FN2O. The smallest absolute Gasteiger partial charge is 0.221 e. The summed E-state index contributed by atoms with van der Waals surface area (Å²) in [6.45, 7) is 1.63. The minimum atomic E-state index is -0.352. The van der Waals surface area contributed by atoms with Gasteiger partial charge in [-0.2, -0.15) is 5.26 Å². The largest absolute Gasteiger partial charge is 0.481 e. The molecule has 0 radical (unpaired) electrons. The fourth-order valence-corrected chi connectivity index (χ4v) is 1.76. The maximum Gasteiger partial charge on any atom is 0.221 e. The van der Waals surface area contributed by atoms with Crippen LogP contribution < -0.4 is 4.74 Å². The minimum Gasteiger partial charge on any atom is -0.481 e. The molecule has 0 spiro atoms. The van der Waals surface area contributed by atoms with Crippen molar-refractivity contribution < 1.29 is 9.13 Å². The van der Waals surface area contributed by atoms with Gasteiger partial charge in [-0.15, -0.1) is 0 Å². The summed E-state index contributed by atoms with van der Waals surface area (Å²) in [6.07, 6.45) is 1.58. The van der Waals surface area contributed by atoms with Crippen LogP contribution >= 0.6 is 0 Å². The molecule has 0 aliphatic heterocycles. The second kappa shape index (κ2) is 4.84. The number of nitriles is 1. The summed E-state index contributed by atoms with van der Waals surface area (Å²) in [5.74, 6) is 0.0205. The monoisotopic (exact) mass is 242 g/mol. The van der Waals surface area contributed by atoms with E-state index in [9.17, 15) is 4.39 Å². The lowest BCUT2D eigenvalue weighted by atomic mass is 9.99. The molecule has 0 saturated carbocycles. The van der Waals surface area contributed by atoms with E-state index in [2.05, 4.69) is 11.1 Å². The predicted molar refractivity (Wildman–Crippen MR) is 65.6 cm³/mol. The van der Waals surface area contributed by atoms with Crippen LogP contribution in [0.2, 0.25) is 0 Å². The van der Waals surface area contributed by atoms with Gasteiger partial charge in [-0.05, 0) is 36.8 Å². The molecule has 90 valence electrons. The van der Waals surface area contributed by atoms with Gasteiger partial charge in [-0.25, -0.2) is 9.37 Å². The highest BCUT2D eigenvalue weighted by Gasteiger charge is 2.13. The highest BCUT2D eigenvalue weighted by Crippen LogP contribution is 2.31. The Morgan fingerprint density at radius 2 is 2.11 bits per heavy atom. The molecule has 0 aliphatic rings. The number of hydrogen-bond acceptors (Lipinski definition) is 3. The van der Waals surface area contributed by atoms with E-state index >= 15 is 0 Å². The zero-order valence-electron chi connectivity index (χ0n) is 10.1. The van der Waals surface area contributed by atoms with Crippen molar-refractivity contribution in [3.8, 4) is 23.1 Å². The van der Waals surface area contributed by atoms with Crippen molar-refractivity contribution in [2.24, 2.45) is 0 Å². The Kier molecular flexibility index (Phi) is 3.24. The third kappa shape index (κ3) is 2.03. The maximum atomic E-state index is 13.6. The average molecular weight is 242 g/mol. The molecule has 0 saturated heterocycles. The Labute approximate surface area is 104 Å². The van der Waals surface area contributed by atoms with Gasteiger partial charge in [0.1, 0.15) is 5.82 Å². The van der Waals surface area contributed by atoms with Gasteiger partial charge in [-0.1, -0.05) is 0 Å². The van der Waals surface area contributed by atoms with E-state index in [1.165, 1.54) is 19.2 Å². The molecule has 0 unspecified atom stereocenters. The van der Waals surface area contributed by atoms with Crippen molar-refractivity contribution in [1.82, 2.24) is 4.98 Å². The number of benzene rings is 1. The summed E-state index contributed by atoms with van der Waals surface area (Å²) < 4.78 is 18.8. The van der Waals surface area contributed by atoms with Gasteiger partial charge in [0.05, 0.1) is 18.7 Å². The van der Waals surface area contributed by atoms with E-state index in [1.807, 2.05) is 0 Å². The second-order valence-corrected chi connectivity index (χ2v) is 3.82. The SMILES string of the molecule is COc1ncccc1-c1cc(F)c(C)cc1C#N. The van der Waals surface area contributed by atoms with Crippen LogP contribution in [0.25, 0.3) is 11.1 Å². The van der Waals surface area contributed by atoms with Gasteiger partial charge in [0.25, 0.3) is 0 Å². The van der Waals surface area contributed by atoms with Gasteiger partial charge < -0.3 is 4.74 Å². The lowest BCUT2D eigenvalue weighted by Crippen LogP contribution is -1.95. The molecule has 2 aromatic rings. The van der Waals surface area contributed by atoms with Crippen LogP contribution in [-0.4, -0.2) is 12.1 Å². The van der Waals surface area contributed by atoms with E-state index in [-0.39, 0.29) is 5.82 Å². The van der Waals surface area contributed by atoms with Crippen LogP contribution in [0, 0.1) is 24.1 Å². The molecule has 1 aromatic carbocycles. The Morgan fingerprint density at radius 1 is 1.33 bits per heavy atom. The fourth-order valence-electron chi connectivity index (χ4n) is 1.76. The summed E-state index contributed by atoms with van der Waals surface area (Å²) in [7, 11) is 1.49. The zero-order chi connectivity index (χ0) is 13.1. The predicted octanol–water partition coefficient (Wildman–Crippen LogP) is 3.08. The van der Waals surface area contributed by atoms with Crippen LogP contribution in [-0.2, 0) is 0 Å². The quantitative estimate of drug-likeness (QED) is 0.813. The van der Waals surface area contributed by atoms with E-state index < -0.39 is 0 Å². The third-order valence-electron chi connectivity index (χ3n) is 2.67. The number of methoxy groups -OCH3 is 1. The molecule has 3 nitrogen and oxygen atoms in total. The molecule has 0 amide bonds. The fraction of sp³-hybridized carbons (Fsp3) is 0.143. The summed E-state index contributed by atoms with van der Waals surface area (Å²) in [5, 5.41) is 9.13. The first-order valence-electron chi connectivity index (χ1n) is 5.37. The third-order valence-corrected chi connectivity index (χ3v) is 2.67. The first-order valence-corrected chi connectivity index (χ1v) is 5.37. The average Bonchev–Trinajstić information content (AvgIpc) is 2.41. The van der Waals surface area contributed by atoms with Crippen molar-refractivity contribution >= 4 is 0 Å². The van der Waals surface area contributed by atoms with Gasteiger partial charge in [0.15, 0.2) is 0 Å². The van der Waals surface area contributed by atoms with Crippen molar-refractivity contribution in [1.29, 1.82) is 5.26 Å². The zero-order valence-corrected chi connectivity index (χ0v) is 10.1. The molecular weight excluding hydrogens is 231 g/mol. The number of hydrogen-bond donors (Lipinski definition) is 0. The molecule has 0 atom stereocenters. The molecule has 0 fully saturated rings. The summed E-state index contributed by atoms with van der Waals surface area (Å²) in [4.78, 5) is 4.05. The number of halogens is 1. The Morgan fingerprint density at radius 3 is 2.78 bits per heavy atom. The molecule has 0 N–H and O–H groups in total. The van der Waals surface area contributed by atoms with Crippen molar-refractivity contribution in [3.63, 3.8) is 0 Å². The first kappa shape index (κ1) is 12.1.